The van der Waals surface area contributed by atoms with E-state index in [-0.39, 0.29) is 0 Å². The molecule has 0 N–H and O–H groups in total. The van der Waals surface area contributed by atoms with E-state index in [4.69, 9.17) is 0 Å². The first-order valence-electron chi connectivity index (χ1n) is 3.26. The average molecular weight is 184 g/mol. The van der Waals surface area contributed by atoms with Crippen molar-refractivity contribution < 1.29 is 4.39 Å². The Morgan fingerprint density at radius 2 is 2.42 bits per heavy atom. The van der Waals surface area contributed by atoms with Crippen LogP contribution in [-0.2, 0) is 6.67 Å². The number of halogens is 1. The Hall–Kier alpha value is -1.17. The molecule has 2 rings (SSSR count). The average Bonchev–Trinajstić information content (AvgIpc) is 2.52. The molecule has 4 nitrogen and oxygen atoms in total. The molecule has 2 aromatic heterocycles. The van der Waals surface area contributed by atoms with Crippen LogP contribution in [0.3, 0.4) is 0 Å². The zero-order valence-corrected chi connectivity index (χ0v) is 6.87. The highest BCUT2D eigenvalue weighted by Gasteiger charge is 2.03. The first-order valence-corrected chi connectivity index (χ1v) is 3.70. The number of hydrogen-bond acceptors (Lipinski definition) is 4. The fourth-order valence-corrected chi connectivity index (χ4v) is 1.20. The van der Waals surface area contributed by atoms with E-state index in [0.717, 1.165) is 0 Å². The summed E-state index contributed by atoms with van der Waals surface area (Å²) >= 11 is 4.09. The van der Waals surface area contributed by atoms with Crippen LogP contribution in [0.4, 0.5) is 4.39 Å². The summed E-state index contributed by atoms with van der Waals surface area (Å²) in [4.78, 5) is 7.69. The van der Waals surface area contributed by atoms with Gasteiger partial charge in [-0.2, -0.15) is 14.6 Å². The molecule has 0 aliphatic carbocycles. The van der Waals surface area contributed by atoms with Gasteiger partial charge in [-0.05, 0) is 6.07 Å². The molecular formula is C6H5FN4S. The van der Waals surface area contributed by atoms with Gasteiger partial charge in [0, 0.05) is 0 Å². The molecule has 2 aromatic rings. The highest BCUT2D eigenvalue weighted by molar-refractivity contribution is 7.80. The second-order valence-electron chi connectivity index (χ2n) is 2.21. The molecule has 0 bridgehead atoms. The summed E-state index contributed by atoms with van der Waals surface area (Å²) in [7, 11) is 0. The van der Waals surface area contributed by atoms with Crippen LogP contribution in [0.5, 0.6) is 0 Å². The van der Waals surface area contributed by atoms with Crippen LogP contribution in [-0.4, -0.2) is 19.6 Å². The Bertz CT molecular complexity index is 413. The minimum Gasteiger partial charge on any atom is -0.244 e. The molecule has 0 unspecified atom stereocenters. The fourth-order valence-electron chi connectivity index (χ4n) is 0.913. The standard InChI is InChI=1S/C6H5FN4S/c7-2-4-1-5(12)11-6(10-4)8-3-9-11/h1,3,12H,2H2. The second-order valence-corrected chi connectivity index (χ2v) is 2.67. The van der Waals surface area contributed by atoms with Crippen molar-refractivity contribution in [1.29, 1.82) is 0 Å². The first-order chi connectivity index (χ1) is 5.81. The molecule has 2 heterocycles. The van der Waals surface area contributed by atoms with Gasteiger partial charge in [0.2, 0.25) is 0 Å². The number of nitrogens with zero attached hydrogens (tertiary/aromatic N) is 4. The molecule has 0 fully saturated rings. The highest BCUT2D eigenvalue weighted by atomic mass is 32.1. The van der Waals surface area contributed by atoms with E-state index in [1.54, 1.807) is 0 Å². The summed E-state index contributed by atoms with van der Waals surface area (Å²) in [5.41, 5.74) is 0.320. The van der Waals surface area contributed by atoms with Crippen molar-refractivity contribution in [3.05, 3.63) is 18.1 Å². The van der Waals surface area contributed by atoms with E-state index in [1.165, 1.54) is 16.9 Å². The summed E-state index contributed by atoms with van der Waals surface area (Å²) < 4.78 is 13.6. The van der Waals surface area contributed by atoms with Crippen molar-refractivity contribution in [2.45, 2.75) is 11.7 Å². The Labute approximate surface area is 72.9 Å². The van der Waals surface area contributed by atoms with Gasteiger partial charge in [-0.15, -0.1) is 12.6 Å². The van der Waals surface area contributed by atoms with Gasteiger partial charge < -0.3 is 0 Å². The molecular weight excluding hydrogens is 179 g/mol. The first kappa shape index (κ1) is 7.48. The Balaban J connectivity index is 2.75. The Morgan fingerprint density at radius 3 is 3.17 bits per heavy atom. The lowest BCUT2D eigenvalue weighted by atomic mass is 10.4. The third-order valence-electron chi connectivity index (χ3n) is 1.42. The number of rotatable bonds is 1. The fraction of sp³-hybridized carbons (Fsp3) is 0.167. The molecule has 12 heavy (non-hydrogen) atoms. The summed E-state index contributed by atoms with van der Waals surface area (Å²) in [6, 6.07) is 1.52. The summed E-state index contributed by atoms with van der Waals surface area (Å²) in [6.07, 6.45) is 1.35. The van der Waals surface area contributed by atoms with Gasteiger partial charge in [0.25, 0.3) is 5.78 Å². The molecule has 0 saturated carbocycles. The maximum Gasteiger partial charge on any atom is 0.253 e. The van der Waals surface area contributed by atoms with Crippen LogP contribution in [0, 0.1) is 0 Å². The molecule has 0 radical (unpaired) electrons. The zero-order valence-electron chi connectivity index (χ0n) is 5.98. The van der Waals surface area contributed by atoms with Gasteiger partial charge in [-0.25, -0.2) is 9.37 Å². The number of aromatic nitrogens is 4. The van der Waals surface area contributed by atoms with Crippen LogP contribution >= 0.6 is 12.6 Å². The molecule has 0 amide bonds. The van der Waals surface area contributed by atoms with Gasteiger partial charge in [0.05, 0.1) is 5.69 Å². The van der Waals surface area contributed by atoms with E-state index in [1.807, 2.05) is 0 Å². The molecule has 0 atom stereocenters. The van der Waals surface area contributed by atoms with Gasteiger partial charge in [-0.1, -0.05) is 0 Å². The highest BCUT2D eigenvalue weighted by Crippen LogP contribution is 2.09. The van der Waals surface area contributed by atoms with E-state index in [9.17, 15) is 4.39 Å². The molecule has 0 aromatic carbocycles. The van der Waals surface area contributed by atoms with Crippen molar-refractivity contribution in [1.82, 2.24) is 19.6 Å². The third-order valence-corrected chi connectivity index (χ3v) is 1.74. The number of hydrogen-bond donors (Lipinski definition) is 1. The lowest BCUT2D eigenvalue weighted by Crippen LogP contribution is -1.96. The predicted octanol–water partition coefficient (Wildman–Crippen LogP) is 0.882. The minimum absolute atomic E-state index is 0.320. The van der Waals surface area contributed by atoms with Gasteiger partial charge >= 0.3 is 0 Å². The SMILES string of the molecule is FCc1cc(S)n2ncnc2n1. The number of alkyl halides is 1. The largest absolute Gasteiger partial charge is 0.253 e. The molecule has 0 spiro atoms. The molecule has 62 valence electrons. The lowest BCUT2D eigenvalue weighted by molar-refractivity contribution is 0.474. The van der Waals surface area contributed by atoms with E-state index in [2.05, 4.69) is 27.7 Å². The van der Waals surface area contributed by atoms with Gasteiger partial charge in [0.1, 0.15) is 18.0 Å². The van der Waals surface area contributed by atoms with Gasteiger partial charge in [-0.3, -0.25) is 0 Å². The maximum atomic E-state index is 12.2. The summed E-state index contributed by atoms with van der Waals surface area (Å²) in [5, 5.41) is 4.37. The lowest BCUT2D eigenvalue weighted by Gasteiger charge is -1.97. The van der Waals surface area contributed by atoms with Crippen molar-refractivity contribution >= 4 is 18.4 Å². The number of fused-ring (bicyclic) bond motifs is 1. The summed E-state index contributed by atoms with van der Waals surface area (Å²) in [6.45, 7) is -0.614. The van der Waals surface area contributed by atoms with Crippen LogP contribution in [0.1, 0.15) is 5.69 Å². The molecule has 0 aliphatic heterocycles. The van der Waals surface area contributed by atoms with Crippen molar-refractivity contribution in [3.63, 3.8) is 0 Å². The Kier molecular flexibility index (Phi) is 1.69. The molecule has 6 heteroatoms. The summed E-state index contributed by atoms with van der Waals surface area (Å²) in [5.74, 6) is 0.371. The van der Waals surface area contributed by atoms with E-state index in [0.29, 0.717) is 16.5 Å². The minimum atomic E-state index is -0.614. The maximum absolute atomic E-state index is 12.2. The third kappa shape index (κ3) is 1.04. The van der Waals surface area contributed by atoms with Crippen LogP contribution in [0.25, 0.3) is 5.78 Å². The van der Waals surface area contributed by atoms with Crippen molar-refractivity contribution in [2.75, 3.05) is 0 Å². The van der Waals surface area contributed by atoms with Crippen molar-refractivity contribution in [3.8, 4) is 0 Å². The van der Waals surface area contributed by atoms with Crippen molar-refractivity contribution in [2.24, 2.45) is 0 Å². The smallest absolute Gasteiger partial charge is 0.244 e. The van der Waals surface area contributed by atoms with Crippen LogP contribution in [0.2, 0.25) is 0 Å². The van der Waals surface area contributed by atoms with Crippen LogP contribution < -0.4 is 0 Å². The normalized spacial score (nSPS) is 10.8. The van der Waals surface area contributed by atoms with Crippen LogP contribution in [0.15, 0.2) is 17.4 Å². The number of thiol groups is 1. The quantitative estimate of drug-likeness (QED) is 0.528. The molecule has 0 saturated heterocycles. The van der Waals surface area contributed by atoms with Gasteiger partial charge in [0.15, 0.2) is 0 Å². The van der Waals surface area contributed by atoms with E-state index >= 15 is 0 Å². The second kappa shape index (κ2) is 2.71. The predicted molar refractivity (Wildman–Crippen MR) is 42.8 cm³/mol. The Morgan fingerprint density at radius 1 is 1.58 bits per heavy atom. The molecule has 0 aliphatic rings. The monoisotopic (exact) mass is 184 g/mol. The topological polar surface area (TPSA) is 43.1 Å². The zero-order chi connectivity index (χ0) is 8.55. The van der Waals surface area contributed by atoms with E-state index < -0.39 is 6.67 Å².